The van der Waals surface area contributed by atoms with Gasteiger partial charge in [-0.3, -0.25) is 15.0 Å². The molecular weight excluding hydrogens is 271 g/mol. The van der Waals surface area contributed by atoms with Crippen LogP contribution in [0.1, 0.15) is 44.6 Å². The third-order valence-corrected chi connectivity index (χ3v) is 4.69. The van der Waals surface area contributed by atoms with Gasteiger partial charge in [-0.2, -0.15) is 4.39 Å². The molecule has 2 rings (SSSR count). The molecule has 1 aliphatic rings. The molecule has 1 aromatic rings. The summed E-state index contributed by atoms with van der Waals surface area (Å²) in [4.78, 5) is 12.3. The van der Waals surface area contributed by atoms with E-state index in [1.165, 1.54) is 25.3 Å². The highest BCUT2D eigenvalue weighted by Gasteiger charge is 2.25. The normalized spacial score (nSPS) is 22.5. The van der Waals surface area contributed by atoms with Gasteiger partial charge in [0.15, 0.2) is 0 Å². The Morgan fingerprint density at radius 2 is 2.00 bits per heavy atom. The van der Waals surface area contributed by atoms with Crippen molar-refractivity contribution < 1.29 is 9.31 Å². The van der Waals surface area contributed by atoms with E-state index in [9.17, 15) is 14.5 Å². The fraction of sp³-hybridized carbons (Fsp3) is 0.625. The second-order valence-corrected chi connectivity index (χ2v) is 6.01. The lowest BCUT2D eigenvalue weighted by Gasteiger charge is -2.34. The number of nitro groups is 1. The molecule has 0 aromatic heterocycles. The number of hydrogen-bond acceptors (Lipinski definition) is 3. The van der Waals surface area contributed by atoms with Gasteiger partial charge in [0.2, 0.25) is 5.82 Å². The molecule has 0 bridgehead atoms. The monoisotopic (exact) mass is 294 g/mol. The number of nitrogens with zero attached hydrogens (tertiary/aromatic N) is 2. The minimum absolute atomic E-state index is 0.407. The maximum Gasteiger partial charge on any atom is 0.305 e. The van der Waals surface area contributed by atoms with E-state index in [2.05, 4.69) is 11.8 Å². The number of nitro benzene ring substituents is 1. The van der Waals surface area contributed by atoms with E-state index >= 15 is 0 Å². The van der Waals surface area contributed by atoms with E-state index in [4.69, 9.17) is 0 Å². The van der Waals surface area contributed by atoms with E-state index < -0.39 is 16.4 Å². The van der Waals surface area contributed by atoms with Crippen LogP contribution in [0.3, 0.4) is 0 Å². The largest absolute Gasteiger partial charge is 0.305 e. The summed E-state index contributed by atoms with van der Waals surface area (Å²) in [7, 11) is 1.98. The van der Waals surface area contributed by atoms with E-state index in [-0.39, 0.29) is 0 Å². The third-order valence-electron chi connectivity index (χ3n) is 4.69. The van der Waals surface area contributed by atoms with Gasteiger partial charge in [0.05, 0.1) is 4.92 Å². The van der Waals surface area contributed by atoms with E-state index in [1.807, 2.05) is 7.05 Å². The Morgan fingerprint density at radius 1 is 1.33 bits per heavy atom. The fourth-order valence-electron chi connectivity index (χ4n) is 3.22. The number of halogens is 1. The first-order chi connectivity index (χ1) is 10.0. The molecule has 0 atom stereocenters. The van der Waals surface area contributed by atoms with Crippen molar-refractivity contribution in [2.75, 3.05) is 7.05 Å². The molecule has 1 aliphatic carbocycles. The van der Waals surface area contributed by atoms with Gasteiger partial charge in [0.25, 0.3) is 0 Å². The predicted octanol–water partition coefficient (Wildman–Crippen LogP) is 4.13. The zero-order valence-electron chi connectivity index (χ0n) is 12.7. The SMILES string of the molecule is CCC1CCC(N(C)Cc2cccc([N+](=O)[O-])c2F)CC1. The quantitative estimate of drug-likeness (QED) is 0.606. The van der Waals surface area contributed by atoms with Crippen molar-refractivity contribution in [1.82, 2.24) is 4.90 Å². The van der Waals surface area contributed by atoms with E-state index in [0.717, 1.165) is 18.8 Å². The molecular formula is C16H23FN2O2. The molecule has 4 nitrogen and oxygen atoms in total. The second kappa shape index (κ2) is 6.98. The van der Waals surface area contributed by atoms with Gasteiger partial charge < -0.3 is 0 Å². The van der Waals surface area contributed by atoms with E-state index in [1.54, 1.807) is 12.1 Å². The van der Waals surface area contributed by atoms with Crippen molar-refractivity contribution in [3.05, 3.63) is 39.7 Å². The van der Waals surface area contributed by atoms with Crippen LogP contribution in [0.15, 0.2) is 18.2 Å². The lowest BCUT2D eigenvalue weighted by Crippen LogP contribution is -2.34. The Bertz CT molecular complexity index is 499. The first kappa shape index (κ1) is 15.9. The highest BCUT2D eigenvalue weighted by molar-refractivity contribution is 5.36. The predicted molar refractivity (Wildman–Crippen MR) is 80.6 cm³/mol. The Morgan fingerprint density at radius 3 is 2.57 bits per heavy atom. The summed E-state index contributed by atoms with van der Waals surface area (Å²) >= 11 is 0. The van der Waals surface area contributed by atoms with Gasteiger partial charge in [-0.1, -0.05) is 25.5 Å². The maximum atomic E-state index is 14.1. The topological polar surface area (TPSA) is 46.4 Å². The van der Waals surface area contributed by atoms with Gasteiger partial charge in [0, 0.05) is 24.2 Å². The van der Waals surface area contributed by atoms with Gasteiger partial charge in [-0.25, -0.2) is 0 Å². The van der Waals surface area contributed by atoms with E-state index in [0.29, 0.717) is 18.2 Å². The maximum absolute atomic E-state index is 14.1. The van der Waals surface area contributed by atoms with Crippen LogP contribution < -0.4 is 0 Å². The van der Waals surface area contributed by atoms with Gasteiger partial charge in [-0.15, -0.1) is 0 Å². The summed E-state index contributed by atoms with van der Waals surface area (Å²) in [6.45, 7) is 2.65. The van der Waals surface area contributed by atoms with Crippen LogP contribution in [0, 0.1) is 21.8 Å². The zero-order chi connectivity index (χ0) is 15.4. The van der Waals surface area contributed by atoms with Crippen molar-refractivity contribution >= 4 is 5.69 Å². The molecule has 1 saturated carbocycles. The molecule has 21 heavy (non-hydrogen) atoms. The molecule has 0 spiro atoms. The standard InChI is InChI=1S/C16H23FN2O2/c1-3-12-7-9-14(10-8-12)18(2)11-13-5-4-6-15(16(13)17)19(20)21/h4-6,12,14H,3,7-11H2,1-2H3. The van der Waals surface area contributed by atoms with Crippen LogP contribution in [-0.4, -0.2) is 22.9 Å². The third kappa shape index (κ3) is 3.79. The van der Waals surface area contributed by atoms with Crippen LogP contribution in [0.5, 0.6) is 0 Å². The molecule has 0 saturated heterocycles. The summed E-state index contributed by atoms with van der Waals surface area (Å²) in [5, 5.41) is 10.8. The van der Waals surface area contributed by atoms with Crippen molar-refractivity contribution in [3.63, 3.8) is 0 Å². The highest BCUT2D eigenvalue weighted by atomic mass is 19.1. The summed E-state index contributed by atoms with van der Waals surface area (Å²) in [5.41, 5.74) is -0.0279. The van der Waals surface area contributed by atoms with Crippen LogP contribution in [-0.2, 0) is 6.54 Å². The van der Waals surface area contributed by atoms with Gasteiger partial charge in [0.1, 0.15) is 0 Å². The average Bonchev–Trinajstić information content (AvgIpc) is 2.49. The van der Waals surface area contributed by atoms with Crippen molar-refractivity contribution in [3.8, 4) is 0 Å². The average molecular weight is 294 g/mol. The lowest BCUT2D eigenvalue weighted by molar-refractivity contribution is -0.387. The van der Waals surface area contributed by atoms with Crippen molar-refractivity contribution in [2.24, 2.45) is 5.92 Å². The molecule has 0 amide bonds. The molecule has 0 unspecified atom stereocenters. The summed E-state index contributed by atoms with van der Waals surface area (Å²) in [6, 6.07) is 4.85. The second-order valence-electron chi connectivity index (χ2n) is 6.01. The number of benzene rings is 1. The Balaban J connectivity index is 2.02. The molecule has 0 heterocycles. The van der Waals surface area contributed by atoms with Crippen LogP contribution in [0.2, 0.25) is 0 Å². The smallest absolute Gasteiger partial charge is 0.299 e. The Labute approximate surface area is 125 Å². The Hall–Kier alpha value is -1.49. The van der Waals surface area contributed by atoms with Crippen LogP contribution in [0.4, 0.5) is 10.1 Å². The first-order valence-corrected chi connectivity index (χ1v) is 7.65. The fourth-order valence-corrected chi connectivity index (χ4v) is 3.22. The summed E-state index contributed by atoms with van der Waals surface area (Å²) in [6.07, 6.45) is 5.94. The van der Waals surface area contributed by atoms with Crippen LogP contribution >= 0.6 is 0 Å². The molecule has 0 N–H and O–H groups in total. The number of rotatable bonds is 5. The Kier molecular flexibility index (Phi) is 5.28. The minimum Gasteiger partial charge on any atom is -0.299 e. The van der Waals surface area contributed by atoms with Crippen molar-refractivity contribution in [1.29, 1.82) is 0 Å². The molecule has 116 valence electrons. The molecule has 5 heteroatoms. The minimum atomic E-state index is -0.698. The van der Waals surface area contributed by atoms with Gasteiger partial charge >= 0.3 is 5.69 Å². The molecule has 1 aromatic carbocycles. The van der Waals surface area contributed by atoms with Crippen LogP contribution in [0.25, 0.3) is 0 Å². The molecule has 0 aliphatic heterocycles. The lowest BCUT2D eigenvalue weighted by atomic mass is 9.84. The molecule has 0 radical (unpaired) electrons. The summed E-state index contributed by atoms with van der Waals surface area (Å²) in [5.74, 6) is 0.126. The zero-order valence-corrected chi connectivity index (χ0v) is 12.7. The number of hydrogen-bond donors (Lipinski definition) is 0. The molecule has 1 fully saturated rings. The van der Waals surface area contributed by atoms with Crippen molar-refractivity contribution in [2.45, 2.75) is 51.6 Å². The first-order valence-electron chi connectivity index (χ1n) is 7.65. The highest BCUT2D eigenvalue weighted by Crippen LogP contribution is 2.30. The summed E-state index contributed by atoms with van der Waals surface area (Å²) < 4.78 is 14.1. The van der Waals surface area contributed by atoms with Gasteiger partial charge in [-0.05, 0) is 38.6 Å².